The number of rotatable bonds is 2. The highest BCUT2D eigenvalue weighted by molar-refractivity contribution is 5.86. The number of aromatic hydroxyl groups is 3. The summed E-state index contributed by atoms with van der Waals surface area (Å²) in [6.07, 6.45) is 1.39. The number of fused-ring (bicyclic) bond motifs is 3. The van der Waals surface area contributed by atoms with Gasteiger partial charge in [-0.05, 0) is 36.1 Å². The van der Waals surface area contributed by atoms with Crippen molar-refractivity contribution in [2.45, 2.75) is 12.8 Å². The van der Waals surface area contributed by atoms with Gasteiger partial charge in [0.1, 0.15) is 11.5 Å². The third kappa shape index (κ3) is 1.93. The molecule has 0 aliphatic heterocycles. The number of phenolic OH excluding ortho intramolecular Hbond substituents is 3. The van der Waals surface area contributed by atoms with E-state index in [9.17, 15) is 15.3 Å². The van der Waals surface area contributed by atoms with Crippen LogP contribution in [0, 0.1) is 0 Å². The summed E-state index contributed by atoms with van der Waals surface area (Å²) in [5.41, 5.74) is 2.98. The van der Waals surface area contributed by atoms with Gasteiger partial charge in [0.15, 0.2) is 11.5 Å². The maximum atomic E-state index is 10.2. The molecule has 110 valence electrons. The van der Waals surface area contributed by atoms with Gasteiger partial charge in [0.2, 0.25) is 5.75 Å². The highest BCUT2D eigenvalue weighted by atomic mass is 16.5. The van der Waals surface area contributed by atoms with Crippen molar-refractivity contribution in [2.24, 2.45) is 0 Å². The van der Waals surface area contributed by atoms with Crippen LogP contribution in [-0.2, 0) is 12.8 Å². The van der Waals surface area contributed by atoms with Crippen molar-refractivity contribution >= 4 is 0 Å². The summed E-state index contributed by atoms with van der Waals surface area (Å²) < 4.78 is 10.5. The predicted molar refractivity (Wildman–Crippen MR) is 77.4 cm³/mol. The second-order valence-corrected chi connectivity index (χ2v) is 4.99. The van der Waals surface area contributed by atoms with Gasteiger partial charge in [-0.1, -0.05) is 0 Å². The number of aryl methyl sites for hydroxylation is 2. The largest absolute Gasteiger partial charge is 0.508 e. The molecule has 0 aromatic heterocycles. The summed E-state index contributed by atoms with van der Waals surface area (Å²) in [6, 6.07) is 4.66. The van der Waals surface area contributed by atoms with E-state index >= 15 is 0 Å². The summed E-state index contributed by atoms with van der Waals surface area (Å²) in [6.45, 7) is 0. The summed E-state index contributed by atoms with van der Waals surface area (Å²) in [5.74, 6) is 0.498. The summed E-state index contributed by atoms with van der Waals surface area (Å²) in [4.78, 5) is 0. The fourth-order valence-corrected chi connectivity index (χ4v) is 2.92. The average molecular weight is 288 g/mol. The number of hydrogen-bond acceptors (Lipinski definition) is 5. The highest BCUT2D eigenvalue weighted by Crippen LogP contribution is 2.52. The summed E-state index contributed by atoms with van der Waals surface area (Å²) in [5, 5.41) is 30.0. The Kier molecular flexibility index (Phi) is 3.05. The van der Waals surface area contributed by atoms with Gasteiger partial charge in [-0.2, -0.15) is 0 Å². The molecule has 1 aliphatic carbocycles. The van der Waals surface area contributed by atoms with Crippen LogP contribution in [0.4, 0.5) is 0 Å². The number of phenols is 3. The standard InChI is InChI=1S/C16H16O5/c1-20-12-6-9-4-3-8-5-10(17)7-11(18)13(8)14(9)16(21-2)15(12)19/h5-7,17-19H,3-4H2,1-2H3. The Morgan fingerprint density at radius 3 is 2.14 bits per heavy atom. The first-order chi connectivity index (χ1) is 10.1. The molecule has 0 radical (unpaired) electrons. The van der Waals surface area contributed by atoms with E-state index < -0.39 is 0 Å². The SMILES string of the molecule is COc1cc2c(c(OC)c1O)-c1c(O)cc(O)cc1CC2. The van der Waals surface area contributed by atoms with E-state index in [1.165, 1.54) is 20.3 Å². The number of hydrogen-bond donors (Lipinski definition) is 3. The van der Waals surface area contributed by atoms with Crippen LogP contribution in [0.3, 0.4) is 0 Å². The molecule has 5 heteroatoms. The maximum absolute atomic E-state index is 10.2. The molecule has 3 rings (SSSR count). The molecule has 2 aromatic carbocycles. The molecule has 21 heavy (non-hydrogen) atoms. The predicted octanol–water partition coefficient (Wildman–Crippen LogP) is 2.59. The minimum absolute atomic E-state index is 0.0198. The normalized spacial score (nSPS) is 12.5. The van der Waals surface area contributed by atoms with Gasteiger partial charge in [0.05, 0.1) is 14.2 Å². The smallest absolute Gasteiger partial charge is 0.201 e. The zero-order valence-electron chi connectivity index (χ0n) is 11.8. The molecule has 5 nitrogen and oxygen atoms in total. The molecule has 0 fully saturated rings. The van der Waals surface area contributed by atoms with Crippen molar-refractivity contribution in [1.82, 2.24) is 0 Å². The van der Waals surface area contributed by atoms with Crippen LogP contribution in [-0.4, -0.2) is 29.5 Å². The van der Waals surface area contributed by atoms with Gasteiger partial charge in [0, 0.05) is 17.2 Å². The Labute approximate surface area is 122 Å². The second kappa shape index (κ2) is 4.77. The van der Waals surface area contributed by atoms with Crippen molar-refractivity contribution in [3.05, 3.63) is 29.3 Å². The van der Waals surface area contributed by atoms with Crippen LogP contribution < -0.4 is 9.47 Å². The van der Waals surface area contributed by atoms with E-state index in [4.69, 9.17) is 9.47 Å². The number of ether oxygens (including phenoxy) is 2. The molecule has 0 amide bonds. The van der Waals surface area contributed by atoms with Crippen molar-refractivity contribution in [1.29, 1.82) is 0 Å². The Bertz CT molecular complexity index is 721. The average Bonchev–Trinajstić information content (AvgIpc) is 2.45. The molecule has 0 saturated carbocycles. The quantitative estimate of drug-likeness (QED) is 0.791. The number of benzene rings is 2. The lowest BCUT2D eigenvalue weighted by Gasteiger charge is -2.24. The van der Waals surface area contributed by atoms with Gasteiger partial charge in [-0.3, -0.25) is 0 Å². The minimum Gasteiger partial charge on any atom is -0.508 e. The lowest BCUT2D eigenvalue weighted by Crippen LogP contribution is -2.07. The van der Waals surface area contributed by atoms with Crippen LogP contribution >= 0.6 is 0 Å². The van der Waals surface area contributed by atoms with Crippen LogP contribution in [0.5, 0.6) is 28.7 Å². The van der Waals surface area contributed by atoms with Crippen LogP contribution in [0.15, 0.2) is 18.2 Å². The Morgan fingerprint density at radius 1 is 0.857 bits per heavy atom. The highest BCUT2D eigenvalue weighted by Gasteiger charge is 2.27. The van der Waals surface area contributed by atoms with Crippen LogP contribution in [0.2, 0.25) is 0 Å². The Morgan fingerprint density at radius 2 is 1.52 bits per heavy atom. The maximum Gasteiger partial charge on any atom is 0.201 e. The van der Waals surface area contributed by atoms with Crippen molar-refractivity contribution < 1.29 is 24.8 Å². The molecule has 0 heterocycles. The molecular weight excluding hydrogens is 272 g/mol. The Balaban J connectivity index is 2.36. The molecule has 0 saturated heterocycles. The van der Waals surface area contributed by atoms with Gasteiger partial charge >= 0.3 is 0 Å². The molecular formula is C16H16O5. The molecule has 0 bridgehead atoms. The van der Waals surface area contributed by atoms with Crippen LogP contribution in [0.1, 0.15) is 11.1 Å². The zero-order valence-corrected chi connectivity index (χ0v) is 11.8. The van der Waals surface area contributed by atoms with E-state index in [-0.39, 0.29) is 23.0 Å². The van der Waals surface area contributed by atoms with E-state index in [2.05, 4.69) is 0 Å². The fraction of sp³-hybridized carbons (Fsp3) is 0.250. The third-order valence-corrected chi connectivity index (χ3v) is 3.82. The minimum atomic E-state index is -0.0981. The van der Waals surface area contributed by atoms with Crippen molar-refractivity contribution in [3.8, 4) is 39.9 Å². The third-order valence-electron chi connectivity index (χ3n) is 3.82. The first kappa shape index (κ1) is 13.4. The molecule has 1 aliphatic rings. The van der Waals surface area contributed by atoms with E-state index in [0.717, 1.165) is 11.1 Å². The molecule has 0 unspecified atom stereocenters. The lowest BCUT2D eigenvalue weighted by molar-refractivity contribution is 0.340. The first-order valence-corrected chi connectivity index (χ1v) is 6.58. The van der Waals surface area contributed by atoms with Gasteiger partial charge in [-0.25, -0.2) is 0 Å². The summed E-state index contributed by atoms with van der Waals surface area (Å²) in [7, 11) is 2.94. The van der Waals surface area contributed by atoms with E-state index in [0.29, 0.717) is 29.7 Å². The molecule has 2 aromatic rings. The number of methoxy groups -OCH3 is 2. The first-order valence-electron chi connectivity index (χ1n) is 6.58. The van der Waals surface area contributed by atoms with Gasteiger partial charge < -0.3 is 24.8 Å². The topological polar surface area (TPSA) is 79.2 Å². The van der Waals surface area contributed by atoms with Crippen molar-refractivity contribution in [2.75, 3.05) is 14.2 Å². The monoisotopic (exact) mass is 288 g/mol. The van der Waals surface area contributed by atoms with Gasteiger partial charge in [-0.15, -0.1) is 0 Å². The Hall–Kier alpha value is -2.56. The molecule has 0 atom stereocenters. The fourth-order valence-electron chi connectivity index (χ4n) is 2.92. The zero-order chi connectivity index (χ0) is 15.1. The van der Waals surface area contributed by atoms with E-state index in [1.54, 1.807) is 12.1 Å². The summed E-state index contributed by atoms with van der Waals surface area (Å²) >= 11 is 0. The molecule has 0 spiro atoms. The lowest BCUT2D eigenvalue weighted by atomic mass is 9.84. The van der Waals surface area contributed by atoms with Gasteiger partial charge in [0.25, 0.3) is 0 Å². The van der Waals surface area contributed by atoms with E-state index in [1.807, 2.05) is 0 Å². The molecule has 3 N–H and O–H groups in total. The van der Waals surface area contributed by atoms with Crippen molar-refractivity contribution in [3.63, 3.8) is 0 Å². The van der Waals surface area contributed by atoms with Crippen LogP contribution in [0.25, 0.3) is 11.1 Å². The second-order valence-electron chi connectivity index (χ2n) is 4.99.